The van der Waals surface area contributed by atoms with Crippen LogP contribution in [0.3, 0.4) is 0 Å². The van der Waals surface area contributed by atoms with E-state index in [-0.39, 0.29) is 40.8 Å². The van der Waals surface area contributed by atoms with Crippen LogP contribution in [0, 0.1) is 0 Å². The Balaban J connectivity index is 0.00000225. The first kappa shape index (κ1) is 18.5. The van der Waals surface area contributed by atoms with Crippen molar-refractivity contribution in [1.29, 1.82) is 0 Å². The summed E-state index contributed by atoms with van der Waals surface area (Å²) in [6, 6.07) is 1.49. The summed E-state index contributed by atoms with van der Waals surface area (Å²) in [4.78, 5) is 63.2. The molecule has 10 nitrogen and oxygen atoms in total. The predicted molar refractivity (Wildman–Crippen MR) is 68.3 cm³/mol. The molecule has 0 bridgehead atoms. The summed E-state index contributed by atoms with van der Waals surface area (Å²) in [6.45, 7) is 0. The summed E-state index contributed by atoms with van der Waals surface area (Å²) < 4.78 is 0. The van der Waals surface area contributed by atoms with E-state index in [2.05, 4.69) is 9.97 Å². The topological polar surface area (TPSA) is 180 Å². The molecule has 0 aromatic carbocycles. The third kappa shape index (κ3) is 2.76. The van der Waals surface area contributed by atoms with Gasteiger partial charge in [-0.05, 0) is 12.1 Å². The van der Waals surface area contributed by atoms with Crippen molar-refractivity contribution in [2.75, 3.05) is 0 Å². The number of rotatable bonds is 3. The van der Waals surface area contributed by atoms with Gasteiger partial charge in [0, 0.05) is 11.1 Å². The molecule has 120 valence electrons. The van der Waals surface area contributed by atoms with Crippen molar-refractivity contribution in [2.45, 2.75) is 0 Å². The number of pyridine rings is 1. The van der Waals surface area contributed by atoms with Gasteiger partial charge in [-0.2, -0.15) is 0 Å². The van der Waals surface area contributed by atoms with Crippen LogP contribution in [0.2, 0.25) is 0 Å². The van der Waals surface area contributed by atoms with Gasteiger partial charge in [0.2, 0.25) is 5.78 Å². The summed E-state index contributed by atoms with van der Waals surface area (Å²) in [6.07, 6.45) is 0. The van der Waals surface area contributed by atoms with E-state index in [1.807, 2.05) is 0 Å². The standard InChI is InChI=1S/C14H6N2O8.Na/c17-10-4-2-6(14(23)24)15-8(4)7-3(12(19)20)1-5(13(21)22)16-9(7)11(10)18;/h1-2,15H,(H,19,20)(H,21,22)(H,23,24);/q;+1/p-2. The molecule has 1 aliphatic carbocycles. The number of carbonyl (C=O) groups is 5. The first-order valence-electron chi connectivity index (χ1n) is 6.25. The molecule has 0 unspecified atom stereocenters. The third-order valence-electron chi connectivity index (χ3n) is 3.41. The quantitative estimate of drug-likeness (QED) is 0.404. The minimum absolute atomic E-state index is 0. The van der Waals surface area contributed by atoms with Crippen LogP contribution < -0.4 is 39.8 Å². The normalized spacial score (nSPS) is 12.0. The van der Waals surface area contributed by atoms with Gasteiger partial charge in [0.25, 0.3) is 5.78 Å². The monoisotopic (exact) mass is 351 g/mol. The minimum atomic E-state index is -1.86. The summed E-state index contributed by atoms with van der Waals surface area (Å²) in [5, 5.41) is 31.2. The number of aromatic carboxylic acids is 3. The Morgan fingerprint density at radius 3 is 2.20 bits per heavy atom. The van der Waals surface area contributed by atoms with Gasteiger partial charge in [-0.3, -0.25) is 9.59 Å². The zero-order valence-corrected chi connectivity index (χ0v) is 14.4. The Morgan fingerprint density at radius 2 is 1.68 bits per heavy atom. The van der Waals surface area contributed by atoms with Crippen molar-refractivity contribution >= 4 is 29.5 Å². The van der Waals surface area contributed by atoms with E-state index in [0.717, 1.165) is 6.07 Å². The van der Waals surface area contributed by atoms with Crippen molar-refractivity contribution in [3.05, 3.63) is 40.3 Å². The number of H-pyrrole nitrogens is 1. The third-order valence-corrected chi connectivity index (χ3v) is 3.41. The Morgan fingerprint density at radius 1 is 1.04 bits per heavy atom. The molecule has 0 fully saturated rings. The van der Waals surface area contributed by atoms with Crippen LogP contribution in [-0.4, -0.2) is 44.5 Å². The van der Waals surface area contributed by atoms with Gasteiger partial charge >= 0.3 is 35.5 Å². The SMILES string of the molecule is O=C([O-])c1cc(C(=O)[O-])c2c(n1)C(=O)C(=O)c1cc(C(=O)O)[nH]c1-2.[Na+]. The fourth-order valence-electron chi connectivity index (χ4n) is 2.40. The van der Waals surface area contributed by atoms with Gasteiger partial charge in [-0.1, -0.05) is 0 Å². The Hall–Kier alpha value is -2.82. The number of aromatic nitrogens is 2. The van der Waals surface area contributed by atoms with Crippen molar-refractivity contribution in [3.63, 3.8) is 0 Å². The molecule has 0 saturated heterocycles. The largest absolute Gasteiger partial charge is 1.00 e. The molecule has 25 heavy (non-hydrogen) atoms. The molecule has 0 atom stereocenters. The van der Waals surface area contributed by atoms with E-state index in [1.54, 1.807) is 0 Å². The summed E-state index contributed by atoms with van der Waals surface area (Å²) in [5.74, 6) is -7.55. The van der Waals surface area contributed by atoms with Gasteiger partial charge in [0.15, 0.2) is 0 Å². The maximum atomic E-state index is 12.1. The summed E-state index contributed by atoms with van der Waals surface area (Å²) in [5.41, 5.74) is -3.82. The molecule has 3 rings (SSSR count). The molecule has 0 spiro atoms. The molecule has 1 aliphatic rings. The van der Waals surface area contributed by atoms with Gasteiger partial charge in [-0.25, -0.2) is 9.78 Å². The van der Waals surface area contributed by atoms with E-state index < -0.39 is 57.7 Å². The van der Waals surface area contributed by atoms with Gasteiger partial charge in [0.05, 0.1) is 28.9 Å². The number of carboxylic acid groups (broad SMARTS) is 3. The average Bonchev–Trinajstić information content (AvgIpc) is 2.96. The summed E-state index contributed by atoms with van der Waals surface area (Å²) in [7, 11) is 0. The molecule has 2 heterocycles. The number of nitrogens with zero attached hydrogens (tertiary/aromatic N) is 1. The Kier molecular flexibility index (Phi) is 4.62. The molecule has 11 heteroatoms. The van der Waals surface area contributed by atoms with Crippen LogP contribution in [-0.2, 0) is 0 Å². The van der Waals surface area contributed by atoms with Gasteiger partial charge in [0.1, 0.15) is 11.4 Å². The van der Waals surface area contributed by atoms with Crippen LogP contribution in [0.25, 0.3) is 11.3 Å². The van der Waals surface area contributed by atoms with E-state index in [9.17, 15) is 34.2 Å². The Labute approximate surface area is 159 Å². The first-order chi connectivity index (χ1) is 11.2. The van der Waals surface area contributed by atoms with E-state index >= 15 is 0 Å². The maximum absolute atomic E-state index is 12.1. The number of hydrogen-bond donors (Lipinski definition) is 2. The minimum Gasteiger partial charge on any atom is -0.545 e. The second kappa shape index (κ2) is 6.24. The number of carboxylic acids is 3. The van der Waals surface area contributed by atoms with Crippen molar-refractivity contribution in [1.82, 2.24) is 9.97 Å². The molecule has 2 N–H and O–H groups in total. The van der Waals surface area contributed by atoms with Crippen LogP contribution >= 0.6 is 0 Å². The molecule has 0 saturated carbocycles. The Bertz CT molecular complexity index is 991. The van der Waals surface area contributed by atoms with Crippen molar-refractivity contribution in [2.24, 2.45) is 0 Å². The van der Waals surface area contributed by atoms with Crippen LogP contribution in [0.1, 0.15) is 52.2 Å². The number of nitrogens with one attached hydrogen (secondary N) is 1. The van der Waals surface area contributed by atoms with Crippen LogP contribution in [0.5, 0.6) is 0 Å². The predicted octanol–water partition coefficient (Wildman–Crippen LogP) is -5.12. The number of ketones is 2. The molecule has 0 radical (unpaired) electrons. The van der Waals surface area contributed by atoms with Crippen molar-refractivity contribution < 1.29 is 68.8 Å². The molecule has 2 aromatic rings. The maximum Gasteiger partial charge on any atom is 1.00 e. The van der Waals surface area contributed by atoms with E-state index in [4.69, 9.17) is 5.11 Å². The second-order valence-electron chi connectivity index (χ2n) is 4.79. The average molecular weight is 351 g/mol. The number of carbonyl (C=O) groups excluding carboxylic acids is 4. The zero-order chi connectivity index (χ0) is 17.8. The van der Waals surface area contributed by atoms with E-state index in [1.165, 1.54) is 0 Å². The molecular formula is C14H4N2NaO8-. The van der Waals surface area contributed by atoms with Gasteiger partial charge in [-0.15, -0.1) is 0 Å². The van der Waals surface area contributed by atoms with Crippen molar-refractivity contribution in [3.8, 4) is 11.3 Å². The fraction of sp³-hybridized carbons (Fsp3) is 0. The number of hydrogen-bond acceptors (Lipinski definition) is 8. The van der Waals surface area contributed by atoms with Gasteiger partial charge < -0.3 is 29.9 Å². The molecular weight excluding hydrogens is 347 g/mol. The first-order valence-corrected chi connectivity index (χ1v) is 6.25. The number of aromatic amines is 1. The smallest absolute Gasteiger partial charge is 0.545 e. The number of Topliss-reactive ketones (excluding diaryl/α,β-unsaturated/α-hetero) is 2. The summed E-state index contributed by atoms with van der Waals surface area (Å²) >= 11 is 0. The fourth-order valence-corrected chi connectivity index (χ4v) is 2.40. The number of fused-ring (bicyclic) bond motifs is 3. The van der Waals surface area contributed by atoms with E-state index in [0.29, 0.717) is 6.07 Å². The van der Waals surface area contributed by atoms with Crippen LogP contribution in [0.4, 0.5) is 0 Å². The molecule has 0 aliphatic heterocycles. The van der Waals surface area contributed by atoms with Crippen LogP contribution in [0.15, 0.2) is 12.1 Å². The zero-order valence-electron chi connectivity index (χ0n) is 12.4. The molecule has 0 amide bonds. The molecule has 2 aromatic heterocycles. The second-order valence-corrected chi connectivity index (χ2v) is 4.79.